The zero-order valence-electron chi connectivity index (χ0n) is 13.8. The van der Waals surface area contributed by atoms with Gasteiger partial charge in [-0.1, -0.05) is 13.0 Å². The van der Waals surface area contributed by atoms with Gasteiger partial charge >= 0.3 is 0 Å². The third kappa shape index (κ3) is 3.85. The average Bonchev–Trinajstić information content (AvgIpc) is 2.50. The Morgan fingerprint density at radius 3 is 2.43 bits per heavy atom. The van der Waals surface area contributed by atoms with Crippen molar-refractivity contribution in [2.75, 3.05) is 13.6 Å². The molecular formula is C18H28N2O. The summed E-state index contributed by atoms with van der Waals surface area (Å²) in [5, 5.41) is 3.52. The zero-order valence-corrected chi connectivity index (χ0v) is 13.8. The van der Waals surface area contributed by atoms with Crippen LogP contribution in [0.25, 0.3) is 0 Å². The lowest BCUT2D eigenvalue weighted by Crippen LogP contribution is -2.43. The lowest BCUT2D eigenvalue weighted by Gasteiger charge is -2.35. The van der Waals surface area contributed by atoms with Crippen molar-refractivity contribution in [2.45, 2.75) is 58.5 Å². The number of nitrogens with one attached hydrogen (secondary N) is 1. The van der Waals surface area contributed by atoms with Crippen molar-refractivity contribution >= 4 is 5.91 Å². The molecule has 3 nitrogen and oxygen atoms in total. The Morgan fingerprint density at radius 1 is 1.19 bits per heavy atom. The molecule has 1 N–H and O–H groups in total. The number of carbonyl (C=O) groups excluding carboxylic acids is 1. The maximum absolute atomic E-state index is 12.6. The highest BCUT2D eigenvalue weighted by atomic mass is 16.2. The molecule has 0 bridgehead atoms. The van der Waals surface area contributed by atoms with E-state index in [0.717, 1.165) is 24.9 Å². The third-order valence-electron chi connectivity index (χ3n) is 4.81. The van der Waals surface area contributed by atoms with Crippen molar-refractivity contribution in [2.24, 2.45) is 0 Å². The van der Waals surface area contributed by atoms with E-state index in [9.17, 15) is 4.79 Å². The minimum atomic E-state index is 0.157. The fourth-order valence-corrected chi connectivity index (χ4v) is 3.20. The third-order valence-corrected chi connectivity index (χ3v) is 4.81. The summed E-state index contributed by atoms with van der Waals surface area (Å²) in [7, 11) is 1.95. The molecule has 1 fully saturated rings. The van der Waals surface area contributed by atoms with Gasteiger partial charge in [0.05, 0.1) is 0 Å². The lowest BCUT2D eigenvalue weighted by atomic mass is 9.90. The predicted octanol–water partition coefficient (Wildman–Crippen LogP) is 3.30. The van der Waals surface area contributed by atoms with Crippen molar-refractivity contribution in [3.63, 3.8) is 0 Å². The van der Waals surface area contributed by atoms with Crippen LogP contribution in [-0.2, 0) is 0 Å². The normalized spacial score (nSPS) is 22.1. The number of aryl methyl sites for hydroxylation is 2. The topological polar surface area (TPSA) is 32.3 Å². The highest BCUT2D eigenvalue weighted by Gasteiger charge is 2.26. The Balaban J connectivity index is 1.98. The molecule has 0 heterocycles. The van der Waals surface area contributed by atoms with Gasteiger partial charge in [0.25, 0.3) is 5.91 Å². The van der Waals surface area contributed by atoms with E-state index in [1.54, 1.807) is 0 Å². The van der Waals surface area contributed by atoms with Gasteiger partial charge in [-0.2, -0.15) is 0 Å². The van der Waals surface area contributed by atoms with E-state index in [2.05, 4.69) is 26.1 Å². The molecule has 2 rings (SSSR count). The summed E-state index contributed by atoms with van der Waals surface area (Å²) < 4.78 is 0. The Labute approximate surface area is 128 Å². The summed E-state index contributed by atoms with van der Waals surface area (Å²) in [6.45, 7) is 7.33. The summed E-state index contributed by atoms with van der Waals surface area (Å²) in [4.78, 5) is 14.6. The minimum Gasteiger partial charge on any atom is -0.339 e. The van der Waals surface area contributed by atoms with Gasteiger partial charge in [0, 0.05) is 24.7 Å². The van der Waals surface area contributed by atoms with Gasteiger partial charge in [0.15, 0.2) is 0 Å². The van der Waals surface area contributed by atoms with Crippen molar-refractivity contribution in [1.29, 1.82) is 0 Å². The molecule has 0 aromatic heterocycles. The van der Waals surface area contributed by atoms with Gasteiger partial charge < -0.3 is 10.2 Å². The molecule has 0 unspecified atom stereocenters. The first kappa shape index (κ1) is 16.0. The molecule has 1 aromatic rings. The predicted molar refractivity (Wildman–Crippen MR) is 87.7 cm³/mol. The molecule has 1 aliphatic rings. The first-order valence-corrected chi connectivity index (χ1v) is 8.10. The summed E-state index contributed by atoms with van der Waals surface area (Å²) in [6.07, 6.45) is 4.54. The number of amides is 1. The highest BCUT2D eigenvalue weighted by molar-refractivity contribution is 5.94. The van der Waals surface area contributed by atoms with E-state index in [0.29, 0.717) is 12.1 Å². The number of rotatable bonds is 4. The number of nitrogens with zero attached hydrogens (tertiary/aromatic N) is 1. The van der Waals surface area contributed by atoms with E-state index in [-0.39, 0.29) is 5.91 Å². The molecule has 0 atom stereocenters. The van der Waals surface area contributed by atoms with Crippen LogP contribution < -0.4 is 5.32 Å². The van der Waals surface area contributed by atoms with Crippen molar-refractivity contribution in [3.8, 4) is 0 Å². The molecule has 116 valence electrons. The van der Waals surface area contributed by atoms with E-state index >= 15 is 0 Å². The fraction of sp³-hybridized carbons (Fsp3) is 0.611. The number of benzene rings is 1. The second-order valence-electron chi connectivity index (χ2n) is 6.28. The molecule has 0 saturated heterocycles. The zero-order chi connectivity index (χ0) is 15.4. The van der Waals surface area contributed by atoms with E-state index in [4.69, 9.17) is 0 Å². The second-order valence-corrected chi connectivity index (χ2v) is 6.28. The number of hydrogen-bond donors (Lipinski definition) is 1. The first-order valence-electron chi connectivity index (χ1n) is 8.10. The first-order chi connectivity index (χ1) is 10.0. The van der Waals surface area contributed by atoms with Crippen LogP contribution >= 0.6 is 0 Å². The Bertz CT molecular complexity index is 490. The summed E-state index contributed by atoms with van der Waals surface area (Å²) in [6, 6.07) is 7.02. The molecule has 1 saturated carbocycles. The number of carbonyl (C=O) groups is 1. The number of hydrogen-bond acceptors (Lipinski definition) is 2. The van der Waals surface area contributed by atoms with Gasteiger partial charge in [0.1, 0.15) is 0 Å². The van der Waals surface area contributed by atoms with Crippen molar-refractivity contribution in [3.05, 3.63) is 34.9 Å². The molecule has 1 aliphatic carbocycles. The summed E-state index contributed by atoms with van der Waals surface area (Å²) >= 11 is 0. The smallest absolute Gasteiger partial charge is 0.253 e. The molecule has 0 aliphatic heterocycles. The molecular weight excluding hydrogens is 260 g/mol. The summed E-state index contributed by atoms with van der Waals surface area (Å²) in [5.41, 5.74) is 3.24. The standard InChI is InChI=1S/C18H28N2O/c1-5-19-16-8-10-17(11-9-16)20(4)18(21)15-7-6-13(2)14(3)12-15/h6-7,12,16-17,19H,5,8-11H2,1-4H3. The Morgan fingerprint density at radius 2 is 1.86 bits per heavy atom. The van der Waals surface area contributed by atoms with Crippen LogP contribution in [0.3, 0.4) is 0 Å². The van der Waals surface area contributed by atoms with Gasteiger partial charge in [0.2, 0.25) is 0 Å². The molecule has 1 amide bonds. The van der Waals surface area contributed by atoms with Crippen LogP contribution in [0.1, 0.15) is 54.1 Å². The Hall–Kier alpha value is -1.35. The highest BCUT2D eigenvalue weighted by Crippen LogP contribution is 2.24. The Kier molecular flexibility index (Phi) is 5.40. The van der Waals surface area contributed by atoms with Gasteiger partial charge in [-0.15, -0.1) is 0 Å². The minimum absolute atomic E-state index is 0.157. The van der Waals surface area contributed by atoms with Crippen LogP contribution in [-0.4, -0.2) is 36.5 Å². The van der Waals surface area contributed by atoms with E-state index in [1.165, 1.54) is 24.0 Å². The average molecular weight is 288 g/mol. The van der Waals surface area contributed by atoms with E-state index < -0.39 is 0 Å². The summed E-state index contributed by atoms with van der Waals surface area (Å²) in [5.74, 6) is 0.157. The molecule has 0 radical (unpaired) electrons. The molecule has 1 aromatic carbocycles. The molecule has 0 spiro atoms. The van der Waals surface area contributed by atoms with Crippen molar-refractivity contribution < 1.29 is 4.79 Å². The largest absolute Gasteiger partial charge is 0.339 e. The van der Waals surface area contributed by atoms with Gasteiger partial charge in [-0.3, -0.25) is 4.79 Å². The van der Waals surface area contributed by atoms with Crippen LogP contribution in [0.2, 0.25) is 0 Å². The molecule has 3 heteroatoms. The van der Waals surface area contributed by atoms with E-state index in [1.807, 2.05) is 30.1 Å². The molecule has 21 heavy (non-hydrogen) atoms. The lowest BCUT2D eigenvalue weighted by molar-refractivity contribution is 0.0684. The maximum Gasteiger partial charge on any atom is 0.253 e. The fourth-order valence-electron chi connectivity index (χ4n) is 3.20. The van der Waals surface area contributed by atoms with Gasteiger partial charge in [-0.05, 0) is 69.3 Å². The SMILES string of the molecule is CCNC1CCC(N(C)C(=O)c2ccc(C)c(C)c2)CC1. The van der Waals surface area contributed by atoms with Crippen LogP contribution in [0.15, 0.2) is 18.2 Å². The van der Waals surface area contributed by atoms with Crippen molar-refractivity contribution in [1.82, 2.24) is 10.2 Å². The van der Waals surface area contributed by atoms with Crippen LogP contribution in [0.5, 0.6) is 0 Å². The quantitative estimate of drug-likeness (QED) is 0.922. The second kappa shape index (κ2) is 7.08. The monoisotopic (exact) mass is 288 g/mol. The van der Waals surface area contributed by atoms with Crippen LogP contribution in [0, 0.1) is 13.8 Å². The maximum atomic E-state index is 12.6. The van der Waals surface area contributed by atoms with Gasteiger partial charge in [-0.25, -0.2) is 0 Å². The van der Waals surface area contributed by atoms with Crippen LogP contribution in [0.4, 0.5) is 0 Å².